The Morgan fingerprint density at radius 3 is 2.04 bits per heavy atom. The molecule has 0 radical (unpaired) electrons. The van der Waals surface area contributed by atoms with E-state index in [4.69, 9.17) is 0 Å². The lowest BCUT2D eigenvalue weighted by atomic mass is 10.1. The van der Waals surface area contributed by atoms with Crippen molar-refractivity contribution in [3.63, 3.8) is 0 Å². The van der Waals surface area contributed by atoms with Crippen molar-refractivity contribution >= 4 is 37.5 Å². The van der Waals surface area contributed by atoms with Gasteiger partial charge in [-0.05, 0) is 54.8 Å². The molecule has 0 bridgehead atoms. The van der Waals surface area contributed by atoms with E-state index in [0.29, 0.717) is 18.8 Å². The number of sulfonamides is 1. The van der Waals surface area contributed by atoms with E-state index in [0.717, 1.165) is 22.9 Å². The molecule has 0 spiro atoms. The molecule has 2 rings (SSSR count). The zero-order valence-electron chi connectivity index (χ0n) is 15.6. The fourth-order valence-corrected chi connectivity index (χ4v) is 4.59. The minimum atomic E-state index is -3.51. The first-order chi connectivity index (χ1) is 12.9. The minimum Gasteiger partial charge on any atom is -0.326 e. The number of halogens is 1. The molecular weight excluding hydrogens is 428 g/mol. The van der Waals surface area contributed by atoms with Gasteiger partial charge in [0.1, 0.15) is 0 Å². The molecule has 0 fully saturated rings. The maximum atomic E-state index is 12.7. The molecule has 0 aliphatic carbocycles. The molecule has 0 unspecified atom stereocenters. The lowest BCUT2D eigenvalue weighted by Gasteiger charge is -2.21. The van der Waals surface area contributed by atoms with Crippen molar-refractivity contribution in [1.82, 2.24) is 4.31 Å². The predicted molar refractivity (Wildman–Crippen MR) is 112 cm³/mol. The molecule has 2 aromatic carbocycles. The Bertz CT molecular complexity index is 844. The molecule has 0 aromatic heterocycles. The molecule has 2 aromatic rings. The third-order valence-electron chi connectivity index (χ3n) is 4.00. The molecule has 146 valence electrons. The number of amides is 1. The number of carbonyl (C=O) groups excluding carboxylic acids is 1. The van der Waals surface area contributed by atoms with Crippen molar-refractivity contribution in [2.75, 3.05) is 18.4 Å². The third-order valence-corrected chi connectivity index (χ3v) is 6.44. The quantitative estimate of drug-likeness (QED) is 0.611. The van der Waals surface area contributed by atoms with E-state index in [-0.39, 0.29) is 17.2 Å². The summed E-state index contributed by atoms with van der Waals surface area (Å²) >= 11 is 3.36. The van der Waals surface area contributed by atoms with Gasteiger partial charge in [-0.2, -0.15) is 4.31 Å². The summed E-state index contributed by atoms with van der Waals surface area (Å²) in [4.78, 5) is 12.4. The number of nitrogens with one attached hydrogen (secondary N) is 1. The van der Waals surface area contributed by atoms with Crippen molar-refractivity contribution in [3.05, 3.63) is 58.6 Å². The van der Waals surface area contributed by atoms with E-state index in [2.05, 4.69) is 21.2 Å². The molecule has 0 saturated heterocycles. The first-order valence-corrected chi connectivity index (χ1v) is 11.2. The number of hydrogen-bond acceptors (Lipinski definition) is 3. The lowest BCUT2D eigenvalue weighted by molar-refractivity contribution is -0.115. The summed E-state index contributed by atoms with van der Waals surface area (Å²) in [5.74, 6) is -0.147. The van der Waals surface area contributed by atoms with Gasteiger partial charge in [0.15, 0.2) is 0 Å². The zero-order valence-corrected chi connectivity index (χ0v) is 18.0. The van der Waals surface area contributed by atoms with Crippen molar-refractivity contribution in [3.8, 4) is 0 Å². The second-order valence-electron chi connectivity index (χ2n) is 6.28. The van der Waals surface area contributed by atoms with E-state index < -0.39 is 10.0 Å². The monoisotopic (exact) mass is 452 g/mol. The van der Waals surface area contributed by atoms with Crippen LogP contribution in [0.5, 0.6) is 0 Å². The number of hydrogen-bond donors (Lipinski definition) is 1. The van der Waals surface area contributed by atoms with Crippen LogP contribution in [0.1, 0.15) is 32.3 Å². The van der Waals surface area contributed by atoms with Gasteiger partial charge in [0.2, 0.25) is 15.9 Å². The normalized spacial score (nSPS) is 11.6. The van der Waals surface area contributed by atoms with Gasteiger partial charge in [0.25, 0.3) is 0 Å². The molecule has 27 heavy (non-hydrogen) atoms. The number of anilines is 1. The van der Waals surface area contributed by atoms with Crippen LogP contribution >= 0.6 is 15.9 Å². The molecule has 7 heteroatoms. The molecule has 1 N–H and O–H groups in total. The second kappa shape index (κ2) is 10.0. The Hall–Kier alpha value is -1.70. The van der Waals surface area contributed by atoms with E-state index in [1.165, 1.54) is 4.31 Å². The van der Waals surface area contributed by atoms with Gasteiger partial charge in [0.05, 0.1) is 11.3 Å². The van der Waals surface area contributed by atoms with Gasteiger partial charge in [-0.3, -0.25) is 4.79 Å². The van der Waals surface area contributed by atoms with Crippen LogP contribution < -0.4 is 5.32 Å². The van der Waals surface area contributed by atoms with E-state index in [9.17, 15) is 13.2 Å². The Balaban J connectivity index is 2.05. The SMILES string of the molecule is CCCN(CCC)S(=O)(=O)c1ccc(NC(=O)Cc2ccc(Br)cc2)cc1. The van der Waals surface area contributed by atoms with Crippen molar-refractivity contribution in [2.45, 2.75) is 38.0 Å². The van der Waals surface area contributed by atoms with E-state index in [1.54, 1.807) is 24.3 Å². The number of nitrogens with zero attached hydrogens (tertiary/aromatic N) is 1. The summed E-state index contributed by atoms with van der Waals surface area (Å²) in [5.41, 5.74) is 1.48. The van der Waals surface area contributed by atoms with Crippen LogP contribution in [-0.4, -0.2) is 31.7 Å². The summed E-state index contributed by atoms with van der Waals surface area (Å²) < 4.78 is 28.0. The molecule has 5 nitrogen and oxygen atoms in total. The van der Waals surface area contributed by atoms with Gasteiger partial charge in [-0.1, -0.05) is 41.9 Å². The van der Waals surface area contributed by atoms with Crippen LogP contribution in [0.2, 0.25) is 0 Å². The maximum Gasteiger partial charge on any atom is 0.243 e. The Morgan fingerprint density at radius 1 is 0.963 bits per heavy atom. The topological polar surface area (TPSA) is 66.5 Å². The number of carbonyl (C=O) groups is 1. The Kier molecular flexibility index (Phi) is 8.01. The van der Waals surface area contributed by atoms with E-state index in [1.807, 2.05) is 38.1 Å². The standard InChI is InChI=1S/C20H25BrN2O3S/c1-3-13-23(14-4-2)27(25,26)19-11-9-18(10-12-19)22-20(24)15-16-5-7-17(21)8-6-16/h5-12H,3-4,13-15H2,1-2H3,(H,22,24). The van der Waals surface area contributed by atoms with Gasteiger partial charge in [-0.15, -0.1) is 0 Å². The average Bonchev–Trinajstić information content (AvgIpc) is 2.64. The summed E-state index contributed by atoms with van der Waals surface area (Å²) in [6.07, 6.45) is 1.79. The van der Waals surface area contributed by atoms with Crippen LogP contribution in [-0.2, 0) is 21.2 Å². The van der Waals surface area contributed by atoms with E-state index >= 15 is 0 Å². The molecule has 0 saturated carbocycles. The molecule has 1 amide bonds. The largest absolute Gasteiger partial charge is 0.326 e. The van der Waals surface area contributed by atoms with Crippen LogP contribution in [0.3, 0.4) is 0 Å². The highest BCUT2D eigenvalue weighted by molar-refractivity contribution is 9.10. The van der Waals surface area contributed by atoms with Crippen LogP contribution in [0.25, 0.3) is 0 Å². The van der Waals surface area contributed by atoms with Crippen molar-refractivity contribution < 1.29 is 13.2 Å². The third kappa shape index (κ3) is 6.16. The molecule has 0 heterocycles. The van der Waals surface area contributed by atoms with Gasteiger partial charge in [-0.25, -0.2) is 8.42 Å². The van der Waals surface area contributed by atoms with Crippen molar-refractivity contribution in [2.24, 2.45) is 0 Å². The predicted octanol–water partition coefficient (Wildman–Crippen LogP) is 4.44. The first-order valence-electron chi connectivity index (χ1n) is 9.01. The average molecular weight is 453 g/mol. The van der Waals surface area contributed by atoms with Crippen LogP contribution in [0.15, 0.2) is 57.9 Å². The highest BCUT2D eigenvalue weighted by Gasteiger charge is 2.22. The number of rotatable bonds is 9. The Morgan fingerprint density at radius 2 is 1.52 bits per heavy atom. The minimum absolute atomic E-state index is 0.147. The molecule has 0 aliphatic heterocycles. The molecule has 0 atom stereocenters. The zero-order chi connectivity index (χ0) is 19.9. The maximum absolute atomic E-state index is 12.7. The number of benzene rings is 2. The molecular formula is C20H25BrN2O3S. The van der Waals surface area contributed by atoms with Crippen LogP contribution in [0.4, 0.5) is 5.69 Å². The lowest BCUT2D eigenvalue weighted by Crippen LogP contribution is -2.32. The van der Waals surface area contributed by atoms with Gasteiger partial charge < -0.3 is 5.32 Å². The summed E-state index contributed by atoms with van der Waals surface area (Å²) in [6, 6.07) is 13.9. The van der Waals surface area contributed by atoms with Crippen LogP contribution in [0, 0.1) is 0 Å². The first kappa shape index (κ1) is 21.6. The summed E-state index contributed by atoms with van der Waals surface area (Å²) in [7, 11) is -3.51. The highest BCUT2D eigenvalue weighted by atomic mass is 79.9. The summed E-state index contributed by atoms with van der Waals surface area (Å²) in [5, 5.41) is 2.80. The smallest absolute Gasteiger partial charge is 0.243 e. The fourth-order valence-electron chi connectivity index (χ4n) is 2.70. The van der Waals surface area contributed by atoms with Gasteiger partial charge >= 0.3 is 0 Å². The fraction of sp³-hybridized carbons (Fsp3) is 0.350. The summed E-state index contributed by atoms with van der Waals surface area (Å²) in [6.45, 7) is 4.92. The Labute approximate surface area is 170 Å². The second-order valence-corrected chi connectivity index (χ2v) is 9.13. The molecule has 0 aliphatic rings. The highest BCUT2D eigenvalue weighted by Crippen LogP contribution is 2.19. The van der Waals surface area contributed by atoms with Crippen molar-refractivity contribution in [1.29, 1.82) is 0 Å². The van der Waals surface area contributed by atoms with Gasteiger partial charge in [0, 0.05) is 23.2 Å².